The Balaban J connectivity index is 2.16. The molecule has 5 nitrogen and oxygen atoms in total. The van der Waals surface area contributed by atoms with Crippen LogP contribution in [0.3, 0.4) is 0 Å². The van der Waals surface area contributed by atoms with Crippen molar-refractivity contribution in [1.29, 1.82) is 0 Å². The van der Waals surface area contributed by atoms with Gasteiger partial charge in [-0.1, -0.05) is 30.3 Å². The highest BCUT2D eigenvalue weighted by molar-refractivity contribution is 5.66. The Morgan fingerprint density at radius 2 is 1.58 bits per heavy atom. The molecule has 0 radical (unpaired) electrons. The van der Waals surface area contributed by atoms with Gasteiger partial charge in [-0.05, 0) is 54.4 Å². The van der Waals surface area contributed by atoms with Gasteiger partial charge < -0.3 is 14.6 Å². The lowest BCUT2D eigenvalue weighted by Gasteiger charge is -2.33. The molecule has 0 saturated carbocycles. The molecule has 31 heavy (non-hydrogen) atoms. The molecule has 3 aromatic carbocycles. The fourth-order valence-corrected chi connectivity index (χ4v) is 3.45. The first-order valence-corrected chi connectivity index (χ1v) is 9.36. The van der Waals surface area contributed by atoms with Crippen LogP contribution in [0, 0.1) is 6.92 Å². The molecule has 0 fully saturated rings. The smallest absolute Gasteiger partial charge is 0.425 e. The maximum Gasteiger partial charge on any atom is 0.425 e. The summed E-state index contributed by atoms with van der Waals surface area (Å²) in [5.74, 6) is 6.21. The third-order valence-electron chi connectivity index (χ3n) is 5.12. The maximum absolute atomic E-state index is 14.3. The van der Waals surface area contributed by atoms with E-state index in [1.807, 2.05) is 6.07 Å². The quantitative estimate of drug-likeness (QED) is 0.432. The lowest BCUT2D eigenvalue weighted by molar-refractivity contribution is -0.248. The van der Waals surface area contributed by atoms with Gasteiger partial charge in [0, 0.05) is 5.56 Å². The van der Waals surface area contributed by atoms with Crippen LogP contribution >= 0.6 is 0 Å². The van der Waals surface area contributed by atoms with E-state index >= 15 is 0 Å². The first-order valence-electron chi connectivity index (χ1n) is 9.36. The third-order valence-corrected chi connectivity index (χ3v) is 5.12. The molecule has 1 atom stereocenters. The highest BCUT2D eigenvalue weighted by atomic mass is 19.4. The number of benzene rings is 3. The zero-order valence-corrected chi connectivity index (χ0v) is 17.3. The topological polar surface area (TPSA) is 68.0 Å². The summed E-state index contributed by atoms with van der Waals surface area (Å²) in [6.45, 7) is 1.63. The molecule has 0 saturated heterocycles. The van der Waals surface area contributed by atoms with Crippen molar-refractivity contribution in [3.8, 4) is 11.5 Å². The fraction of sp³-hybridized carbons (Fsp3) is 0.217. The van der Waals surface area contributed by atoms with E-state index in [4.69, 9.17) is 15.3 Å². The summed E-state index contributed by atoms with van der Waals surface area (Å²) in [6, 6.07) is 16.8. The molecule has 8 heteroatoms. The van der Waals surface area contributed by atoms with Crippen LogP contribution in [0.15, 0.2) is 66.7 Å². The van der Waals surface area contributed by atoms with E-state index in [2.05, 4.69) is 0 Å². The van der Waals surface area contributed by atoms with Crippen molar-refractivity contribution in [2.75, 3.05) is 19.2 Å². The molecule has 0 spiro atoms. The van der Waals surface area contributed by atoms with Gasteiger partial charge in [-0.15, -0.1) is 0 Å². The third kappa shape index (κ3) is 4.04. The van der Waals surface area contributed by atoms with Crippen molar-refractivity contribution in [1.82, 2.24) is 0 Å². The maximum atomic E-state index is 14.3. The number of para-hydroxylation sites is 1. The first kappa shape index (κ1) is 22.5. The van der Waals surface area contributed by atoms with Gasteiger partial charge in [-0.25, -0.2) is 5.84 Å². The number of halogens is 3. The van der Waals surface area contributed by atoms with Gasteiger partial charge in [0.2, 0.25) is 5.60 Å². The summed E-state index contributed by atoms with van der Waals surface area (Å²) in [5.41, 5.74) is -2.55. The van der Waals surface area contributed by atoms with Crippen LogP contribution in [-0.4, -0.2) is 25.5 Å². The second kappa shape index (κ2) is 8.49. The van der Waals surface area contributed by atoms with Crippen LogP contribution in [-0.2, 0) is 5.60 Å². The number of nitrogens with two attached hydrogens (primary N) is 1. The number of methoxy groups -OCH3 is 2. The number of hydrogen-bond acceptors (Lipinski definition) is 5. The van der Waals surface area contributed by atoms with Crippen molar-refractivity contribution in [3.63, 3.8) is 0 Å². The van der Waals surface area contributed by atoms with Gasteiger partial charge in [-0.3, -0.25) is 5.01 Å². The van der Waals surface area contributed by atoms with Gasteiger partial charge >= 0.3 is 6.18 Å². The molecule has 164 valence electrons. The molecule has 0 heterocycles. The highest BCUT2D eigenvalue weighted by Gasteiger charge is 2.57. The van der Waals surface area contributed by atoms with Crippen molar-refractivity contribution in [2.45, 2.75) is 18.7 Å². The van der Waals surface area contributed by atoms with Crippen molar-refractivity contribution in [2.24, 2.45) is 5.84 Å². The number of rotatable bonds is 6. The molecule has 1 unspecified atom stereocenters. The van der Waals surface area contributed by atoms with Crippen molar-refractivity contribution < 1.29 is 27.8 Å². The minimum Gasteiger partial charge on any atom is -0.497 e. The predicted molar refractivity (Wildman–Crippen MR) is 113 cm³/mol. The lowest BCUT2D eigenvalue weighted by atomic mass is 9.84. The van der Waals surface area contributed by atoms with Crippen LogP contribution in [0.5, 0.6) is 11.5 Å². The molecule has 0 aliphatic rings. The van der Waals surface area contributed by atoms with Crippen LogP contribution < -0.4 is 20.3 Å². The molecule has 3 rings (SSSR count). The minimum atomic E-state index is -5.04. The van der Waals surface area contributed by atoms with Gasteiger partial charge in [0.15, 0.2) is 0 Å². The lowest BCUT2D eigenvalue weighted by Crippen LogP contribution is -2.43. The van der Waals surface area contributed by atoms with Crippen LogP contribution in [0.4, 0.5) is 24.5 Å². The second-order valence-electron chi connectivity index (χ2n) is 6.98. The Morgan fingerprint density at radius 3 is 2.13 bits per heavy atom. The predicted octanol–water partition coefficient (Wildman–Crippen LogP) is 4.82. The van der Waals surface area contributed by atoms with E-state index in [0.717, 1.165) is 6.07 Å². The number of aryl methyl sites for hydroxylation is 1. The number of hydrogen-bond donors (Lipinski definition) is 2. The molecule has 3 aromatic rings. The molecular formula is C23H23F3N2O3. The Morgan fingerprint density at radius 1 is 0.903 bits per heavy atom. The average Bonchev–Trinajstić information content (AvgIpc) is 2.77. The van der Waals surface area contributed by atoms with Crippen molar-refractivity contribution >= 4 is 11.4 Å². The Hall–Kier alpha value is -3.23. The summed E-state index contributed by atoms with van der Waals surface area (Å²) in [4.78, 5) is 0. The Bertz CT molecular complexity index is 1060. The van der Waals surface area contributed by atoms with Crippen LogP contribution in [0.2, 0.25) is 0 Å². The number of alkyl halides is 3. The number of ether oxygens (including phenoxy) is 2. The largest absolute Gasteiger partial charge is 0.497 e. The summed E-state index contributed by atoms with van der Waals surface area (Å²) < 4.78 is 53.1. The van der Waals surface area contributed by atoms with Gasteiger partial charge in [0.25, 0.3) is 0 Å². The van der Waals surface area contributed by atoms with E-state index < -0.39 is 17.3 Å². The standard InChI is InChI=1S/C23H23F3N2O3/c1-15-13-16(9-11-20(15)28(27)17-7-5-4-6-8-17)22(29,23(24,25)26)19-14-18(30-2)10-12-21(19)31-3/h4-14,29H,27H2,1-3H3. The van der Waals surface area contributed by atoms with E-state index in [9.17, 15) is 18.3 Å². The Labute approximate surface area is 178 Å². The van der Waals surface area contributed by atoms with Crippen LogP contribution in [0.1, 0.15) is 16.7 Å². The molecule has 3 N–H and O–H groups in total. The number of anilines is 2. The minimum absolute atomic E-state index is 0.118. The van der Waals surface area contributed by atoms with E-state index in [-0.39, 0.29) is 17.1 Å². The molecule has 0 aliphatic heterocycles. The molecule has 0 bridgehead atoms. The second-order valence-corrected chi connectivity index (χ2v) is 6.98. The molecule has 0 amide bonds. The van der Waals surface area contributed by atoms with E-state index in [1.54, 1.807) is 31.2 Å². The number of nitrogens with zero attached hydrogens (tertiary/aromatic N) is 1. The van der Waals surface area contributed by atoms with E-state index in [0.29, 0.717) is 16.9 Å². The van der Waals surface area contributed by atoms with Crippen molar-refractivity contribution in [3.05, 3.63) is 83.4 Å². The summed E-state index contributed by atoms with van der Waals surface area (Å²) >= 11 is 0. The zero-order valence-electron chi connectivity index (χ0n) is 17.3. The van der Waals surface area contributed by atoms with Gasteiger partial charge in [0.1, 0.15) is 11.5 Å². The summed E-state index contributed by atoms with van der Waals surface area (Å²) in [5, 5.41) is 12.5. The number of aliphatic hydroxyl groups is 1. The summed E-state index contributed by atoms with van der Waals surface area (Å²) in [7, 11) is 2.57. The first-order chi connectivity index (χ1) is 14.6. The normalized spacial score (nSPS) is 13.4. The fourth-order valence-electron chi connectivity index (χ4n) is 3.45. The molecule has 0 aromatic heterocycles. The molecule has 0 aliphatic carbocycles. The Kier molecular flexibility index (Phi) is 6.15. The zero-order chi connectivity index (χ0) is 22.8. The molecular weight excluding hydrogens is 409 g/mol. The highest BCUT2D eigenvalue weighted by Crippen LogP contribution is 2.49. The number of hydrazine groups is 1. The van der Waals surface area contributed by atoms with Crippen LogP contribution in [0.25, 0.3) is 0 Å². The SMILES string of the molecule is COc1ccc(OC)c(C(O)(c2ccc(N(N)c3ccccc3)c(C)c2)C(F)(F)F)c1. The van der Waals surface area contributed by atoms with Gasteiger partial charge in [-0.2, -0.15) is 13.2 Å². The van der Waals surface area contributed by atoms with Gasteiger partial charge in [0.05, 0.1) is 25.6 Å². The average molecular weight is 432 g/mol. The monoisotopic (exact) mass is 432 g/mol. The summed E-state index contributed by atoms with van der Waals surface area (Å²) in [6.07, 6.45) is -5.04. The van der Waals surface area contributed by atoms with E-state index in [1.165, 1.54) is 49.6 Å².